The number of hydrogen-bond donors (Lipinski definition) is 2. The van der Waals surface area contributed by atoms with E-state index in [4.69, 9.17) is 19.2 Å². The highest BCUT2D eigenvalue weighted by molar-refractivity contribution is 8.22. The van der Waals surface area contributed by atoms with Crippen molar-refractivity contribution >= 4 is 27.8 Å². The van der Waals surface area contributed by atoms with Gasteiger partial charge in [-0.15, -0.1) is 15.9 Å². The number of aryl methyl sites for hydroxylation is 4. The summed E-state index contributed by atoms with van der Waals surface area (Å²) in [6, 6.07) is 7.80. The van der Waals surface area contributed by atoms with Gasteiger partial charge < -0.3 is 14.2 Å². The molecule has 6 rings (SSSR count). The van der Waals surface area contributed by atoms with Crippen molar-refractivity contribution in [1.82, 2.24) is 29.3 Å². The summed E-state index contributed by atoms with van der Waals surface area (Å²) in [5.41, 5.74) is 4.98. The third-order valence-corrected chi connectivity index (χ3v) is 11.6. The van der Waals surface area contributed by atoms with Crippen LogP contribution in [0, 0.1) is 26.2 Å². The summed E-state index contributed by atoms with van der Waals surface area (Å²) in [6.45, 7) is 13.7. The molecule has 4 aromatic rings. The smallest absolute Gasteiger partial charge is 0.312 e. The lowest BCUT2D eigenvalue weighted by Gasteiger charge is -2.44. The Labute approximate surface area is 276 Å². The van der Waals surface area contributed by atoms with Crippen LogP contribution in [0.4, 0.5) is 0 Å². The highest BCUT2D eigenvalue weighted by atomic mass is 32.3. The van der Waals surface area contributed by atoms with E-state index in [9.17, 15) is 13.9 Å². The third kappa shape index (κ3) is 5.88. The molecule has 1 atom stereocenters. The molecule has 3 aromatic heterocycles. The lowest BCUT2D eigenvalue weighted by Crippen LogP contribution is -2.49. The summed E-state index contributed by atoms with van der Waals surface area (Å²) in [6.07, 6.45) is 4.66. The molecular weight excluding hydrogens is 620 g/mol. The highest BCUT2D eigenvalue weighted by Gasteiger charge is 2.46. The Morgan fingerprint density at radius 1 is 1.13 bits per heavy atom. The van der Waals surface area contributed by atoms with E-state index in [1.807, 2.05) is 64.4 Å². The van der Waals surface area contributed by atoms with Gasteiger partial charge in [-0.05, 0) is 81.5 Å². The molecule has 1 unspecified atom stereocenters. The molecule has 1 saturated heterocycles. The summed E-state index contributed by atoms with van der Waals surface area (Å²) in [5, 5.41) is 8.79. The number of carbonyl (C=O) groups is 1. The first kappa shape index (κ1) is 33.3. The Balaban J connectivity index is 1.46. The lowest BCUT2D eigenvalue weighted by atomic mass is 9.70. The molecule has 1 aromatic carbocycles. The van der Waals surface area contributed by atoms with Crippen molar-refractivity contribution in [3.8, 4) is 5.88 Å². The molecule has 2 aliphatic rings. The van der Waals surface area contributed by atoms with Crippen molar-refractivity contribution < 1.29 is 28.1 Å². The standard InChI is InChI=1S/C34H44N6O6S/c1-8-40-27-10-9-26(22(3)30(27)37-38-40)29(33(5,6)32(41)44-7)24-16-25(23(4)35-18-24)19-39-20-34(11-13-45-14-12-34)46-31-28(47(39,42)43)15-21(2)17-36-31/h9-10,15-18,29,42-43H,8,11-14,19-20H2,1-7H3. The van der Waals surface area contributed by atoms with Crippen LogP contribution in [0.1, 0.15) is 73.0 Å². The fraction of sp³-hybridized carbons (Fsp3) is 0.500. The number of aromatic nitrogens is 5. The number of pyridine rings is 2. The van der Waals surface area contributed by atoms with E-state index < -0.39 is 27.7 Å². The third-order valence-electron chi connectivity index (χ3n) is 9.71. The second-order valence-electron chi connectivity index (χ2n) is 13.2. The molecule has 1 spiro atoms. The molecule has 0 saturated carbocycles. The predicted molar refractivity (Wildman–Crippen MR) is 178 cm³/mol. The van der Waals surface area contributed by atoms with E-state index in [0.717, 1.165) is 44.5 Å². The second kappa shape index (κ2) is 12.4. The van der Waals surface area contributed by atoms with Crippen molar-refractivity contribution in [2.24, 2.45) is 5.41 Å². The Bertz CT molecular complexity index is 1820. The van der Waals surface area contributed by atoms with Gasteiger partial charge in [0.2, 0.25) is 5.88 Å². The average molecular weight is 665 g/mol. The van der Waals surface area contributed by atoms with Gasteiger partial charge in [-0.3, -0.25) is 18.9 Å². The van der Waals surface area contributed by atoms with Gasteiger partial charge in [-0.2, -0.15) is 4.31 Å². The molecule has 13 heteroatoms. The van der Waals surface area contributed by atoms with Gasteiger partial charge in [-0.1, -0.05) is 17.3 Å². The fourth-order valence-corrected chi connectivity index (χ4v) is 8.63. The quantitative estimate of drug-likeness (QED) is 0.226. The van der Waals surface area contributed by atoms with Crippen LogP contribution in [-0.4, -0.2) is 76.8 Å². The number of rotatable bonds is 7. The van der Waals surface area contributed by atoms with Gasteiger partial charge in [0, 0.05) is 49.9 Å². The number of methoxy groups -OCH3 is 1. The van der Waals surface area contributed by atoms with Crippen LogP contribution in [0.3, 0.4) is 0 Å². The Hall–Kier alpha value is -3.62. The van der Waals surface area contributed by atoms with E-state index in [1.165, 1.54) is 7.11 Å². The summed E-state index contributed by atoms with van der Waals surface area (Å²) in [4.78, 5) is 22.9. The van der Waals surface area contributed by atoms with E-state index >= 15 is 0 Å². The Kier molecular flexibility index (Phi) is 8.81. The lowest BCUT2D eigenvalue weighted by molar-refractivity contribution is -0.151. The molecule has 5 heterocycles. The molecule has 12 nitrogen and oxygen atoms in total. The van der Waals surface area contributed by atoms with Crippen LogP contribution < -0.4 is 4.74 Å². The summed E-state index contributed by atoms with van der Waals surface area (Å²) in [5.74, 6) is -0.573. The molecule has 2 aliphatic heterocycles. The van der Waals surface area contributed by atoms with Crippen molar-refractivity contribution in [2.45, 2.75) is 83.9 Å². The highest BCUT2D eigenvalue weighted by Crippen LogP contribution is 2.59. The van der Waals surface area contributed by atoms with Gasteiger partial charge >= 0.3 is 5.97 Å². The first-order chi connectivity index (χ1) is 22.3. The maximum Gasteiger partial charge on any atom is 0.312 e. The van der Waals surface area contributed by atoms with Crippen LogP contribution in [0.5, 0.6) is 5.88 Å². The van der Waals surface area contributed by atoms with Crippen molar-refractivity contribution in [1.29, 1.82) is 0 Å². The maximum atomic E-state index is 13.4. The van der Waals surface area contributed by atoms with Crippen LogP contribution >= 0.6 is 10.8 Å². The van der Waals surface area contributed by atoms with Crippen LogP contribution in [0.2, 0.25) is 0 Å². The van der Waals surface area contributed by atoms with Crippen LogP contribution in [0.15, 0.2) is 41.6 Å². The number of nitrogens with zero attached hydrogens (tertiary/aromatic N) is 6. The SMILES string of the molecule is CCn1nnc2c(C)c(C(c3cnc(C)c(CN4CC5(CCOCC5)Oc5ncc(C)cc5S4(O)O)c3)C(C)(C)C(=O)OC)ccc21. The second-order valence-corrected chi connectivity index (χ2v) is 15.2. The largest absolute Gasteiger partial charge is 0.469 e. The van der Waals surface area contributed by atoms with Gasteiger partial charge in [0.25, 0.3) is 0 Å². The van der Waals surface area contributed by atoms with Crippen molar-refractivity contribution in [3.05, 3.63) is 70.2 Å². The maximum absolute atomic E-state index is 13.4. The monoisotopic (exact) mass is 664 g/mol. The minimum Gasteiger partial charge on any atom is -0.469 e. The average Bonchev–Trinajstić information content (AvgIpc) is 3.45. The van der Waals surface area contributed by atoms with Crippen LogP contribution in [0.25, 0.3) is 11.0 Å². The Morgan fingerprint density at radius 2 is 1.87 bits per heavy atom. The topological polar surface area (TPSA) is 145 Å². The summed E-state index contributed by atoms with van der Waals surface area (Å²) >= 11 is 0. The van der Waals surface area contributed by atoms with E-state index in [2.05, 4.69) is 15.3 Å². The summed E-state index contributed by atoms with van der Waals surface area (Å²) in [7, 11) is -2.11. The van der Waals surface area contributed by atoms with Gasteiger partial charge in [0.1, 0.15) is 16.0 Å². The number of esters is 1. The number of hydrogen-bond acceptors (Lipinski definition) is 11. The molecule has 0 aliphatic carbocycles. The zero-order valence-corrected chi connectivity index (χ0v) is 28.9. The van der Waals surface area contributed by atoms with E-state index in [1.54, 1.807) is 22.8 Å². The van der Waals surface area contributed by atoms with Gasteiger partial charge in [0.15, 0.2) is 0 Å². The molecule has 0 bridgehead atoms. The van der Waals surface area contributed by atoms with E-state index in [0.29, 0.717) is 32.6 Å². The molecule has 2 N–H and O–H groups in total. The first-order valence-electron chi connectivity index (χ1n) is 15.9. The molecular formula is C34H44N6O6S. The zero-order chi connectivity index (χ0) is 33.7. The minimum absolute atomic E-state index is 0.183. The van der Waals surface area contributed by atoms with Crippen LogP contribution in [-0.2, 0) is 27.4 Å². The zero-order valence-electron chi connectivity index (χ0n) is 28.1. The van der Waals surface area contributed by atoms with E-state index in [-0.39, 0.29) is 29.8 Å². The number of benzene rings is 1. The number of ether oxygens (including phenoxy) is 3. The van der Waals surface area contributed by atoms with Crippen molar-refractivity contribution in [3.63, 3.8) is 0 Å². The minimum atomic E-state index is -3.51. The summed E-state index contributed by atoms with van der Waals surface area (Å²) < 4.78 is 44.9. The van der Waals surface area contributed by atoms with Gasteiger partial charge in [-0.25, -0.2) is 9.67 Å². The fourth-order valence-electron chi connectivity index (χ4n) is 6.94. The normalized spacial score (nSPS) is 19.1. The molecule has 0 radical (unpaired) electrons. The Morgan fingerprint density at radius 3 is 2.57 bits per heavy atom. The molecule has 252 valence electrons. The van der Waals surface area contributed by atoms with Gasteiger partial charge in [0.05, 0.1) is 37.8 Å². The predicted octanol–water partition coefficient (Wildman–Crippen LogP) is 5.97. The molecule has 1 fully saturated rings. The molecule has 0 amide bonds. The molecule has 47 heavy (non-hydrogen) atoms. The van der Waals surface area contributed by atoms with Crippen molar-refractivity contribution in [2.75, 3.05) is 26.9 Å². The number of fused-ring (bicyclic) bond motifs is 2. The number of carbonyl (C=O) groups excluding carboxylic acids is 1. The first-order valence-corrected chi connectivity index (χ1v) is 17.4.